The van der Waals surface area contributed by atoms with Crippen LogP contribution in [0.4, 0.5) is 0 Å². The van der Waals surface area contributed by atoms with Gasteiger partial charge in [-0.1, -0.05) is 15.9 Å². The highest BCUT2D eigenvalue weighted by Crippen LogP contribution is 2.41. The summed E-state index contributed by atoms with van der Waals surface area (Å²) in [5.74, 6) is 0.600. The smallest absolute Gasteiger partial charge is 0.336 e. The lowest BCUT2D eigenvalue weighted by atomic mass is 9.98. The molecule has 0 aromatic heterocycles. The normalized spacial score (nSPS) is 12.6. The van der Waals surface area contributed by atoms with Crippen molar-refractivity contribution in [2.45, 2.75) is 25.7 Å². The van der Waals surface area contributed by atoms with E-state index in [-0.39, 0.29) is 11.1 Å². The van der Waals surface area contributed by atoms with Crippen molar-refractivity contribution in [3.05, 3.63) is 56.0 Å². The molecule has 1 unspecified atom stereocenters. The molecule has 0 heterocycles. The van der Waals surface area contributed by atoms with E-state index < -0.39 is 26.2 Å². The summed E-state index contributed by atoms with van der Waals surface area (Å²) in [4.78, 5) is 26.5. The molecule has 1 atom stereocenters. The molecule has 0 N–H and O–H groups in total. The van der Waals surface area contributed by atoms with Gasteiger partial charge >= 0.3 is 5.97 Å². The molecule has 0 fully saturated rings. The Bertz CT molecular complexity index is 1160. The summed E-state index contributed by atoms with van der Waals surface area (Å²) in [5, 5.41) is 0. The van der Waals surface area contributed by atoms with Crippen LogP contribution in [0.15, 0.2) is 44.9 Å². The first-order chi connectivity index (χ1) is 16.9. The number of esters is 1. The largest absolute Gasteiger partial charge is 0.493 e. The lowest BCUT2D eigenvalue weighted by Gasteiger charge is -2.29. The van der Waals surface area contributed by atoms with Gasteiger partial charge in [0, 0.05) is 20.1 Å². The van der Waals surface area contributed by atoms with Gasteiger partial charge in [0.05, 0.1) is 41.1 Å². The fraction of sp³-hybridized carbons (Fsp3) is 0.360. The highest BCUT2D eigenvalue weighted by molar-refractivity contribution is 9.10. The van der Waals surface area contributed by atoms with E-state index in [2.05, 4.69) is 31.9 Å². The summed E-state index contributed by atoms with van der Waals surface area (Å²) in [6.45, 7) is 5.95. The van der Waals surface area contributed by atoms with Crippen LogP contribution in [0.25, 0.3) is 0 Å². The number of hydrogen-bond acceptors (Lipinski definition) is 8. The van der Waals surface area contributed by atoms with Gasteiger partial charge in [0.1, 0.15) is 6.10 Å². The van der Waals surface area contributed by atoms with Crippen molar-refractivity contribution in [3.63, 3.8) is 0 Å². The van der Waals surface area contributed by atoms with Gasteiger partial charge in [0.15, 0.2) is 37.1 Å². The zero-order chi connectivity index (χ0) is 27.2. The van der Waals surface area contributed by atoms with E-state index in [1.807, 2.05) is 19.6 Å². The highest BCUT2D eigenvalue weighted by atomic mass is 79.9. The van der Waals surface area contributed by atoms with E-state index >= 15 is 0 Å². The summed E-state index contributed by atoms with van der Waals surface area (Å²) in [7, 11) is 5.00. The Labute approximate surface area is 229 Å². The average Bonchev–Trinajstić information content (AvgIpc) is 2.84. The molecule has 0 bridgehead atoms. The summed E-state index contributed by atoms with van der Waals surface area (Å²) in [6, 6.07) is 6.59. The minimum absolute atomic E-state index is 0.0273. The molecule has 0 amide bonds. The number of methoxy groups -OCH3 is 5. The van der Waals surface area contributed by atoms with Gasteiger partial charge in [-0.2, -0.15) is 0 Å². The maximum absolute atomic E-state index is 13.5. The zero-order valence-corrected chi connectivity index (χ0v) is 25.7. The van der Waals surface area contributed by atoms with Crippen LogP contribution in [0.2, 0.25) is 19.6 Å². The van der Waals surface area contributed by atoms with E-state index in [1.54, 1.807) is 18.2 Å². The second-order valence-corrected chi connectivity index (χ2v) is 14.7. The van der Waals surface area contributed by atoms with Crippen LogP contribution >= 0.6 is 31.9 Å². The van der Waals surface area contributed by atoms with Crippen molar-refractivity contribution in [1.82, 2.24) is 0 Å². The number of carbonyl (C=O) groups excluding carboxylic acids is 2. The molecule has 36 heavy (non-hydrogen) atoms. The second-order valence-electron chi connectivity index (χ2n) is 8.48. The topological polar surface area (TPSA) is 89.5 Å². The average molecular weight is 646 g/mol. The minimum atomic E-state index is -2.26. The summed E-state index contributed by atoms with van der Waals surface area (Å²) in [5.41, 5.74) is 0.873. The Morgan fingerprint density at radius 1 is 0.778 bits per heavy atom. The van der Waals surface area contributed by atoms with Crippen molar-refractivity contribution >= 4 is 51.9 Å². The number of ketones is 1. The number of benzene rings is 2. The van der Waals surface area contributed by atoms with E-state index in [9.17, 15) is 9.59 Å². The quantitative estimate of drug-likeness (QED) is 0.125. The summed E-state index contributed by atoms with van der Waals surface area (Å²) < 4.78 is 34.1. The van der Waals surface area contributed by atoms with E-state index in [0.717, 1.165) is 0 Å². The van der Waals surface area contributed by atoms with Crippen molar-refractivity contribution in [2.24, 2.45) is 0 Å². The first kappa shape index (κ1) is 29.9. The third-order valence-corrected chi connectivity index (χ3v) is 7.27. The first-order valence-corrected chi connectivity index (χ1v) is 15.7. The van der Waals surface area contributed by atoms with Crippen LogP contribution in [0, 0.1) is 0 Å². The number of rotatable bonds is 11. The molecule has 2 aromatic carbocycles. The monoisotopic (exact) mass is 644 g/mol. The van der Waals surface area contributed by atoms with Gasteiger partial charge in [-0.15, -0.1) is 0 Å². The van der Waals surface area contributed by atoms with Gasteiger partial charge in [0.25, 0.3) is 0 Å². The Hall–Kier alpha value is -2.34. The molecule has 0 aliphatic rings. The maximum Gasteiger partial charge on any atom is 0.336 e. The molecule has 0 saturated heterocycles. The van der Waals surface area contributed by atoms with Crippen LogP contribution < -0.4 is 18.9 Å². The molecular weight excluding hydrogens is 616 g/mol. The number of halogens is 2. The molecule has 0 saturated carbocycles. The first-order valence-electron chi connectivity index (χ1n) is 10.8. The lowest BCUT2D eigenvalue weighted by Crippen LogP contribution is -2.31. The Balaban J connectivity index is 2.76. The zero-order valence-electron chi connectivity index (χ0n) is 21.5. The second kappa shape index (κ2) is 12.8. The van der Waals surface area contributed by atoms with Crippen molar-refractivity contribution in [2.75, 3.05) is 35.5 Å². The lowest BCUT2D eigenvalue weighted by molar-refractivity contribution is -0.137. The number of hydrogen-bond donors (Lipinski definition) is 0. The van der Waals surface area contributed by atoms with Crippen LogP contribution in [0.5, 0.6) is 23.0 Å². The fourth-order valence-corrected chi connectivity index (χ4v) is 5.35. The Kier molecular flexibility index (Phi) is 10.6. The standard InChI is InChI=1S/C25H30Br2O8Si/c1-30-20-10-14(17(26)12-22(20)32-3)19(28)9-16(25(29)34-5)24(35-36(6,7)8)15-11-21(31-2)23(33-4)13-18(15)27/h9-13,24H,1-8H3/b16-9-. The van der Waals surface area contributed by atoms with Crippen LogP contribution in [-0.2, 0) is 14.0 Å². The number of allylic oxidation sites excluding steroid dienone is 1. The van der Waals surface area contributed by atoms with E-state index in [4.69, 9.17) is 28.1 Å². The van der Waals surface area contributed by atoms with Crippen LogP contribution in [0.1, 0.15) is 22.0 Å². The molecule has 196 valence electrons. The molecule has 0 aliphatic heterocycles. The Morgan fingerprint density at radius 3 is 1.72 bits per heavy atom. The van der Waals surface area contributed by atoms with Gasteiger partial charge < -0.3 is 28.1 Å². The molecule has 2 aromatic rings. The predicted octanol–water partition coefficient (Wildman–Crippen LogP) is 6.12. The minimum Gasteiger partial charge on any atom is -0.493 e. The van der Waals surface area contributed by atoms with Crippen LogP contribution in [-0.4, -0.2) is 55.6 Å². The van der Waals surface area contributed by atoms with E-state index in [0.29, 0.717) is 37.5 Å². The van der Waals surface area contributed by atoms with Crippen LogP contribution in [0.3, 0.4) is 0 Å². The molecule has 11 heteroatoms. The van der Waals surface area contributed by atoms with Gasteiger partial charge in [-0.25, -0.2) is 4.79 Å². The van der Waals surface area contributed by atoms with Crippen molar-refractivity contribution < 1.29 is 37.7 Å². The third kappa shape index (κ3) is 7.12. The third-order valence-electron chi connectivity index (χ3n) is 4.99. The van der Waals surface area contributed by atoms with Gasteiger partial charge in [-0.05, 0) is 65.9 Å². The fourth-order valence-electron chi connectivity index (χ4n) is 3.34. The molecule has 0 aliphatic carbocycles. The van der Waals surface area contributed by atoms with Gasteiger partial charge in [-0.3, -0.25) is 4.79 Å². The van der Waals surface area contributed by atoms with Crippen molar-refractivity contribution in [1.29, 1.82) is 0 Å². The van der Waals surface area contributed by atoms with Crippen molar-refractivity contribution in [3.8, 4) is 23.0 Å². The molecular formula is C25H30Br2O8Si. The molecule has 2 rings (SSSR count). The number of carbonyl (C=O) groups is 2. The summed E-state index contributed by atoms with van der Waals surface area (Å²) in [6.07, 6.45) is 0.298. The maximum atomic E-state index is 13.5. The van der Waals surface area contributed by atoms with Gasteiger partial charge in [0.2, 0.25) is 0 Å². The predicted molar refractivity (Wildman–Crippen MR) is 146 cm³/mol. The molecule has 0 spiro atoms. The SMILES string of the molecule is COC(=O)/C(=C\C(=O)c1cc(OC)c(OC)cc1Br)C(O[Si](C)(C)C)c1cc(OC)c(OC)cc1Br. The Morgan fingerprint density at radius 2 is 1.25 bits per heavy atom. The van der Waals surface area contributed by atoms with E-state index in [1.165, 1.54) is 47.7 Å². The highest BCUT2D eigenvalue weighted by Gasteiger charge is 2.33. The summed E-state index contributed by atoms with van der Waals surface area (Å²) >= 11 is 6.96. The molecule has 0 radical (unpaired) electrons. The number of ether oxygens (including phenoxy) is 5. The molecule has 8 nitrogen and oxygen atoms in total.